The molecule has 102 valence electrons. The third kappa shape index (κ3) is 2.75. The van der Waals surface area contributed by atoms with Crippen LogP contribution in [0.2, 0.25) is 0 Å². The molecule has 3 heteroatoms. The van der Waals surface area contributed by atoms with Gasteiger partial charge in [0.15, 0.2) is 0 Å². The van der Waals surface area contributed by atoms with Crippen LogP contribution < -0.4 is 5.46 Å². The Kier molecular flexibility index (Phi) is 3.86. The molecule has 0 aliphatic heterocycles. The molecule has 3 aromatic carbocycles. The summed E-state index contributed by atoms with van der Waals surface area (Å²) in [6.45, 7) is 0. The molecule has 0 aliphatic rings. The van der Waals surface area contributed by atoms with E-state index in [1.165, 1.54) is 0 Å². The van der Waals surface area contributed by atoms with E-state index in [-0.39, 0.29) is 0 Å². The van der Waals surface area contributed by atoms with Gasteiger partial charge >= 0.3 is 7.12 Å². The molecule has 0 saturated carbocycles. The highest BCUT2D eigenvalue weighted by Crippen LogP contribution is 2.30. The van der Waals surface area contributed by atoms with Crippen molar-refractivity contribution in [3.8, 4) is 22.3 Å². The Balaban J connectivity index is 2.28. The lowest BCUT2D eigenvalue weighted by Gasteiger charge is -2.15. The van der Waals surface area contributed by atoms with Gasteiger partial charge in [0.1, 0.15) is 0 Å². The van der Waals surface area contributed by atoms with Gasteiger partial charge in [0.25, 0.3) is 0 Å². The minimum atomic E-state index is -1.50. The molecule has 0 unspecified atom stereocenters. The molecule has 21 heavy (non-hydrogen) atoms. The summed E-state index contributed by atoms with van der Waals surface area (Å²) in [5.41, 5.74) is 4.40. The van der Waals surface area contributed by atoms with Crippen LogP contribution >= 0.6 is 0 Å². The molecule has 0 heterocycles. The molecule has 0 amide bonds. The molecule has 0 atom stereocenters. The predicted molar refractivity (Wildman–Crippen MR) is 87.1 cm³/mol. The molecule has 3 rings (SSSR count). The zero-order valence-corrected chi connectivity index (χ0v) is 11.5. The summed E-state index contributed by atoms with van der Waals surface area (Å²) in [6.07, 6.45) is 0. The Bertz CT molecular complexity index is 725. The second-order valence-corrected chi connectivity index (χ2v) is 4.88. The van der Waals surface area contributed by atoms with Crippen LogP contribution in [0, 0.1) is 0 Å². The molecular formula is C18H15BO2. The molecule has 0 aliphatic carbocycles. The lowest BCUT2D eigenvalue weighted by molar-refractivity contribution is 0.426. The van der Waals surface area contributed by atoms with E-state index in [9.17, 15) is 10.0 Å². The van der Waals surface area contributed by atoms with E-state index in [0.29, 0.717) is 5.46 Å². The second-order valence-electron chi connectivity index (χ2n) is 4.88. The lowest BCUT2D eigenvalue weighted by atomic mass is 9.73. The fraction of sp³-hybridized carbons (Fsp3) is 0. The van der Waals surface area contributed by atoms with Gasteiger partial charge in [-0.2, -0.15) is 0 Å². The van der Waals surface area contributed by atoms with E-state index in [1.54, 1.807) is 6.07 Å². The van der Waals surface area contributed by atoms with Crippen LogP contribution in [-0.4, -0.2) is 17.2 Å². The van der Waals surface area contributed by atoms with Crippen LogP contribution in [-0.2, 0) is 0 Å². The maximum absolute atomic E-state index is 9.69. The normalized spacial score (nSPS) is 10.4. The van der Waals surface area contributed by atoms with Crippen molar-refractivity contribution < 1.29 is 10.0 Å². The van der Waals surface area contributed by atoms with Crippen LogP contribution in [0.3, 0.4) is 0 Å². The van der Waals surface area contributed by atoms with Crippen molar-refractivity contribution in [3.63, 3.8) is 0 Å². The third-order valence-electron chi connectivity index (χ3n) is 3.52. The van der Waals surface area contributed by atoms with Gasteiger partial charge in [0.2, 0.25) is 0 Å². The molecule has 0 fully saturated rings. The Morgan fingerprint density at radius 2 is 1.14 bits per heavy atom. The SMILES string of the molecule is OB(O)c1cccc(-c2ccccc2)c1-c1ccccc1. The first kappa shape index (κ1) is 13.6. The van der Waals surface area contributed by atoms with Gasteiger partial charge < -0.3 is 10.0 Å². The first-order chi connectivity index (χ1) is 10.3. The van der Waals surface area contributed by atoms with Crippen molar-refractivity contribution >= 4 is 12.6 Å². The number of hydrogen-bond acceptors (Lipinski definition) is 2. The number of hydrogen-bond donors (Lipinski definition) is 2. The third-order valence-corrected chi connectivity index (χ3v) is 3.52. The van der Waals surface area contributed by atoms with Crippen molar-refractivity contribution in [3.05, 3.63) is 78.9 Å². The van der Waals surface area contributed by atoms with Crippen molar-refractivity contribution in [1.82, 2.24) is 0 Å². The first-order valence-electron chi connectivity index (χ1n) is 6.87. The average molecular weight is 274 g/mol. The highest BCUT2D eigenvalue weighted by molar-refractivity contribution is 6.60. The Morgan fingerprint density at radius 3 is 1.71 bits per heavy atom. The minimum Gasteiger partial charge on any atom is -0.423 e. The molecule has 0 spiro atoms. The molecule has 0 bridgehead atoms. The standard InChI is InChI=1S/C18H15BO2/c20-19(21)17-13-7-12-16(14-8-3-1-4-9-14)18(17)15-10-5-2-6-11-15/h1-13,20-21H. The second kappa shape index (κ2) is 5.96. The fourth-order valence-electron chi connectivity index (χ4n) is 2.57. The van der Waals surface area contributed by atoms with Crippen LogP contribution in [0.25, 0.3) is 22.3 Å². The van der Waals surface area contributed by atoms with E-state index in [2.05, 4.69) is 0 Å². The summed E-state index contributed by atoms with van der Waals surface area (Å²) in [5, 5.41) is 19.4. The van der Waals surface area contributed by atoms with E-state index < -0.39 is 7.12 Å². The van der Waals surface area contributed by atoms with E-state index >= 15 is 0 Å². The molecule has 0 radical (unpaired) electrons. The van der Waals surface area contributed by atoms with Crippen LogP contribution in [0.4, 0.5) is 0 Å². The van der Waals surface area contributed by atoms with Gasteiger partial charge in [-0.3, -0.25) is 0 Å². The van der Waals surface area contributed by atoms with Crippen molar-refractivity contribution in [2.45, 2.75) is 0 Å². The first-order valence-corrected chi connectivity index (χ1v) is 6.87. The fourth-order valence-corrected chi connectivity index (χ4v) is 2.57. The summed E-state index contributed by atoms with van der Waals surface area (Å²) in [7, 11) is -1.50. The van der Waals surface area contributed by atoms with Crippen molar-refractivity contribution in [1.29, 1.82) is 0 Å². The summed E-state index contributed by atoms with van der Waals surface area (Å²) < 4.78 is 0. The highest BCUT2D eigenvalue weighted by atomic mass is 16.4. The summed E-state index contributed by atoms with van der Waals surface area (Å²) >= 11 is 0. The summed E-state index contributed by atoms with van der Waals surface area (Å²) in [4.78, 5) is 0. The topological polar surface area (TPSA) is 40.5 Å². The average Bonchev–Trinajstić information content (AvgIpc) is 2.55. The maximum Gasteiger partial charge on any atom is 0.489 e. The van der Waals surface area contributed by atoms with E-state index in [4.69, 9.17) is 0 Å². The van der Waals surface area contributed by atoms with E-state index in [0.717, 1.165) is 22.3 Å². The summed E-state index contributed by atoms with van der Waals surface area (Å²) in [5.74, 6) is 0. The van der Waals surface area contributed by atoms with E-state index in [1.807, 2.05) is 72.8 Å². The van der Waals surface area contributed by atoms with Gasteiger partial charge in [-0.05, 0) is 27.7 Å². The van der Waals surface area contributed by atoms with Gasteiger partial charge in [-0.15, -0.1) is 0 Å². The smallest absolute Gasteiger partial charge is 0.423 e. The number of benzene rings is 3. The molecule has 2 nitrogen and oxygen atoms in total. The monoisotopic (exact) mass is 274 g/mol. The maximum atomic E-state index is 9.69. The van der Waals surface area contributed by atoms with Crippen molar-refractivity contribution in [2.24, 2.45) is 0 Å². The zero-order valence-electron chi connectivity index (χ0n) is 11.5. The predicted octanol–water partition coefficient (Wildman–Crippen LogP) is 2.70. The molecule has 2 N–H and O–H groups in total. The quantitative estimate of drug-likeness (QED) is 0.721. The van der Waals surface area contributed by atoms with Crippen LogP contribution in [0.5, 0.6) is 0 Å². The summed E-state index contributed by atoms with van der Waals surface area (Å²) in [6, 6.07) is 25.4. The molecule has 0 aromatic heterocycles. The highest BCUT2D eigenvalue weighted by Gasteiger charge is 2.20. The van der Waals surface area contributed by atoms with Gasteiger partial charge in [0, 0.05) is 0 Å². The molecule has 3 aromatic rings. The molecular weight excluding hydrogens is 259 g/mol. The van der Waals surface area contributed by atoms with Crippen LogP contribution in [0.15, 0.2) is 78.9 Å². The van der Waals surface area contributed by atoms with Crippen LogP contribution in [0.1, 0.15) is 0 Å². The lowest BCUT2D eigenvalue weighted by Crippen LogP contribution is -2.31. The van der Waals surface area contributed by atoms with Gasteiger partial charge in [-0.1, -0.05) is 78.9 Å². The Labute approximate surface area is 124 Å². The zero-order chi connectivity index (χ0) is 14.7. The number of rotatable bonds is 3. The Hall–Kier alpha value is -2.36. The van der Waals surface area contributed by atoms with Gasteiger partial charge in [-0.25, -0.2) is 0 Å². The minimum absolute atomic E-state index is 0.516. The largest absolute Gasteiger partial charge is 0.489 e. The van der Waals surface area contributed by atoms with Crippen molar-refractivity contribution in [2.75, 3.05) is 0 Å². The Morgan fingerprint density at radius 1 is 0.571 bits per heavy atom. The molecule has 0 saturated heterocycles. The van der Waals surface area contributed by atoms with Gasteiger partial charge in [0.05, 0.1) is 0 Å².